The number of rotatable bonds is 6. The zero-order chi connectivity index (χ0) is 19.2. The third-order valence-electron chi connectivity index (χ3n) is 5.35. The summed E-state index contributed by atoms with van der Waals surface area (Å²) in [5, 5.41) is 4.84. The number of nitrogens with one attached hydrogen (secondary N) is 1. The predicted octanol–water partition coefficient (Wildman–Crippen LogP) is 1.35. The molecule has 2 aliphatic rings. The Labute approximate surface area is 163 Å². The van der Waals surface area contributed by atoms with Crippen molar-refractivity contribution in [3.8, 4) is 0 Å². The van der Waals surface area contributed by atoms with Crippen molar-refractivity contribution in [1.29, 1.82) is 0 Å². The maximum absolute atomic E-state index is 13.1. The summed E-state index contributed by atoms with van der Waals surface area (Å²) in [4.78, 5) is 41.9. The van der Waals surface area contributed by atoms with Gasteiger partial charge in [-0.15, -0.1) is 11.3 Å². The Morgan fingerprint density at radius 2 is 1.89 bits per heavy atom. The second-order valence-corrected chi connectivity index (χ2v) is 8.06. The number of thiophene rings is 1. The summed E-state index contributed by atoms with van der Waals surface area (Å²) in [6.45, 7) is 2.78. The zero-order valence-corrected chi connectivity index (χ0v) is 16.5. The number of amides is 3. The topological polar surface area (TPSA) is 79.0 Å². The molecule has 0 aromatic carbocycles. The Bertz CT molecular complexity index is 650. The number of hydrogen-bond donors (Lipinski definition) is 1. The first kappa shape index (κ1) is 19.8. The molecule has 1 aromatic heterocycles. The van der Waals surface area contributed by atoms with Gasteiger partial charge < -0.3 is 19.9 Å². The number of carbonyl (C=O) groups is 3. The van der Waals surface area contributed by atoms with Crippen molar-refractivity contribution in [2.45, 2.75) is 31.7 Å². The van der Waals surface area contributed by atoms with Gasteiger partial charge in [0.05, 0.1) is 4.88 Å². The highest BCUT2D eigenvalue weighted by molar-refractivity contribution is 7.12. The summed E-state index contributed by atoms with van der Waals surface area (Å²) in [7, 11) is 1.51. The monoisotopic (exact) mass is 393 g/mol. The molecule has 0 spiro atoms. The van der Waals surface area contributed by atoms with Gasteiger partial charge in [-0.1, -0.05) is 6.07 Å². The summed E-state index contributed by atoms with van der Waals surface area (Å²) < 4.78 is 4.92. The van der Waals surface area contributed by atoms with Gasteiger partial charge in [0, 0.05) is 33.3 Å². The van der Waals surface area contributed by atoms with E-state index in [0.29, 0.717) is 30.8 Å². The molecule has 0 saturated carbocycles. The summed E-state index contributed by atoms with van der Waals surface area (Å²) >= 11 is 1.37. The molecule has 1 aromatic rings. The van der Waals surface area contributed by atoms with Gasteiger partial charge in [0.15, 0.2) is 0 Å². The maximum Gasteiger partial charge on any atom is 0.262 e. The third kappa shape index (κ3) is 4.87. The van der Waals surface area contributed by atoms with E-state index >= 15 is 0 Å². The summed E-state index contributed by atoms with van der Waals surface area (Å²) in [6, 6.07) is 3.07. The van der Waals surface area contributed by atoms with Crippen molar-refractivity contribution in [2.75, 3.05) is 39.9 Å². The van der Waals surface area contributed by atoms with Crippen LogP contribution in [-0.4, -0.2) is 73.5 Å². The van der Waals surface area contributed by atoms with Crippen LogP contribution in [0.4, 0.5) is 0 Å². The second-order valence-electron chi connectivity index (χ2n) is 7.11. The Kier molecular flexibility index (Phi) is 6.84. The molecule has 8 heteroatoms. The minimum Gasteiger partial charge on any atom is -0.375 e. The standard InChI is InChI=1S/C19H27N3O4S/c1-26-13-16(23)21-10-6-14(7-11-21)17(19(25)22-8-2-3-9-22)20-18(24)15-5-4-12-27-15/h4-5,12,14,17H,2-3,6-11,13H2,1H3,(H,20,24). The van der Waals surface area contributed by atoms with E-state index in [2.05, 4.69) is 5.32 Å². The van der Waals surface area contributed by atoms with E-state index in [-0.39, 0.29) is 30.2 Å². The molecular formula is C19H27N3O4S. The predicted molar refractivity (Wildman–Crippen MR) is 103 cm³/mol. The quantitative estimate of drug-likeness (QED) is 0.791. The molecule has 2 fully saturated rings. The molecule has 1 unspecified atom stereocenters. The van der Waals surface area contributed by atoms with Gasteiger partial charge in [-0.3, -0.25) is 14.4 Å². The zero-order valence-electron chi connectivity index (χ0n) is 15.7. The Hall–Kier alpha value is -1.93. The number of nitrogens with zero attached hydrogens (tertiary/aromatic N) is 2. The van der Waals surface area contributed by atoms with Crippen LogP contribution in [0.1, 0.15) is 35.4 Å². The van der Waals surface area contributed by atoms with Crippen LogP contribution in [-0.2, 0) is 14.3 Å². The molecule has 27 heavy (non-hydrogen) atoms. The van der Waals surface area contributed by atoms with E-state index in [0.717, 1.165) is 25.9 Å². The van der Waals surface area contributed by atoms with E-state index in [1.807, 2.05) is 16.3 Å². The first-order chi connectivity index (χ1) is 13.1. The summed E-state index contributed by atoms with van der Waals surface area (Å²) in [5.41, 5.74) is 0. The molecule has 0 radical (unpaired) electrons. The maximum atomic E-state index is 13.1. The highest BCUT2D eigenvalue weighted by Crippen LogP contribution is 2.24. The molecule has 2 aliphatic heterocycles. The van der Waals surface area contributed by atoms with Gasteiger partial charge in [-0.2, -0.15) is 0 Å². The van der Waals surface area contributed by atoms with Gasteiger partial charge in [-0.05, 0) is 43.0 Å². The molecular weight excluding hydrogens is 366 g/mol. The lowest BCUT2D eigenvalue weighted by Crippen LogP contribution is -2.54. The summed E-state index contributed by atoms with van der Waals surface area (Å²) in [6.07, 6.45) is 3.43. The fraction of sp³-hybridized carbons (Fsp3) is 0.632. The smallest absolute Gasteiger partial charge is 0.262 e. The van der Waals surface area contributed by atoms with E-state index in [1.165, 1.54) is 18.4 Å². The number of piperidine rings is 1. The molecule has 2 saturated heterocycles. The van der Waals surface area contributed by atoms with Gasteiger partial charge in [0.2, 0.25) is 11.8 Å². The Morgan fingerprint density at radius 1 is 1.19 bits per heavy atom. The number of likely N-dealkylation sites (tertiary alicyclic amines) is 2. The van der Waals surface area contributed by atoms with E-state index < -0.39 is 6.04 Å². The van der Waals surface area contributed by atoms with Crippen molar-refractivity contribution < 1.29 is 19.1 Å². The number of methoxy groups -OCH3 is 1. The van der Waals surface area contributed by atoms with Crippen LogP contribution in [0.5, 0.6) is 0 Å². The van der Waals surface area contributed by atoms with Crippen LogP contribution in [0.3, 0.4) is 0 Å². The number of carbonyl (C=O) groups excluding carboxylic acids is 3. The molecule has 7 nitrogen and oxygen atoms in total. The van der Waals surface area contributed by atoms with Crippen LogP contribution in [0, 0.1) is 5.92 Å². The fourth-order valence-corrected chi connectivity index (χ4v) is 4.46. The second kappa shape index (κ2) is 9.32. The van der Waals surface area contributed by atoms with E-state index in [4.69, 9.17) is 4.74 Å². The minimum absolute atomic E-state index is 0.0130. The van der Waals surface area contributed by atoms with Crippen molar-refractivity contribution >= 4 is 29.1 Å². The Morgan fingerprint density at radius 3 is 2.48 bits per heavy atom. The Balaban J connectivity index is 1.67. The van der Waals surface area contributed by atoms with E-state index in [1.54, 1.807) is 11.0 Å². The molecule has 1 atom stereocenters. The molecule has 3 heterocycles. The van der Waals surface area contributed by atoms with Crippen molar-refractivity contribution in [3.63, 3.8) is 0 Å². The third-order valence-corrected chi connectivity index (χ3v) is 6.22. The largest absolute Gasteiger partial charge is 0.375 e. The molecule has 0 bridgehead atoms. The van der Waals surface area contributed by atoms with Crippen LogP contribution in [0.2, 0.25) is 0 Å². The van der Waals surface area contributed by atoms with Gasteiger partial charge in [0.1, 0.15) is 12.6 Å². The van der Waals surface area contributed by atoms with Crippen LogP contribution >= 0.6 is 11.3 Å². The normalized spacial score (nSPS) is 19.1. The fourth-order valence-electron chi connectivity index (χ4n) is 3.83. The van der Waals surface area contributed by atoms with Crippen LogP contribution in [0.25, 0.3) is 0 Å². The van der Waals surface area contributed by atoms with Gasteiger partial charge in [0.25, 0.3) is 5.91 Å². The molecule has 3 rings (SSSR count). The van der Waals surface area contributed by atoms with E-state index in [9.17, 15) is 14.4 Å². The lowest BCUT2D eigenvalue weighted by Gasteiger charge is -2.37. The number of hydrogen-bond acceptors (Lipinski definition) is 5. The van der Waals surface area contributed by atoms with Crippen molar-refractivity contribution in [2.24, 2.45) is 5.92 Å². The highest BCUT2D eigenvalue weighted by atomic mass is 32.1. The highest BCUT2D eigenvalue weighted by Gasteiger charge is 2.36. The average molecular weight is 394 g/mol. The molecule has 3 amide bonds. The van der Waals surface area contributed by atoms with Crippen molar-refractivity contribution in [1.82, 2.24) is 15.1 Å². The van der Waals surface area contributed by atoms with Crippen LogP contribution < -0.4 is 5.32 Å². The SMILES string of the molecule is COCC(=O)N1CCC(C(NC(=O)c2cccs2)C(=O)N2CCCC2)CC1. The lowest BCUT2D eigenvalue weighted by molar-refractivity contribution is -0.137. The van der Waals surface area contributed by atoms with Crippen LogP contribution in [0.15, 0.2) is 17.5 Å². The minimum atomic E-state index is -0.530. The first-order valence-corrected chi connectivity index (χ1v) is 10.4. The molecule has 148 valence electrons. The van der Waals surface area contributed by atoms with Crippen molar-refractivity contribution in [3.05, 3.63) is 22.4 Å². The average Bonchev–Trinajstić information content (AvgIpc) is 3.40. The molecule has 0 aliphatic carbocycles. The molecule has 1 N–H and O–H groups in total. The first-order valence-electron chi connectivity index (χ1n) is 9.50. The van der Waals surface area contributed by atoms with Gasteiger partial charge >= 0.3 is 0 Å². The van der Waals surface area contributed by atoms with Gasteiger partial charge in [-0.25, -0.2) is 0 Å². The summed E-state index contributed by atoms with van der Waals surface area (Å²) in [5.74, 6) is -0.172. The number of ether oxygens (including phenoxy) is 1. The lowest BCUT2D eigenvalue weighted by atomic mass is 9.88.